The van der Waals surface area contributed by atoms with Crippen LogP contribution in [0.2, 0.25) is 0 Å². The molecule has 1 saturated carbocycles. The van der Waals surface area contributed by atoms with E-state index >= 15 is 0 Å². The zero-order valence-corrected chi connectivity index (χ0v) is 12.0. The number of nitrogens with zero attached hydrogens (tertiary/aromatic N) is 4. The number of carbonyl (C=O) groups excluding carboxylic acids is 1. The first kappa shape index (κ1) is 13.1. The number of fused-ring (bicyclic) bond motifs is 1. The van der Waals surface area contributed by atoms with Crippen molar-refractivity contribution in [1.82, 2.24) is 19.5 Å². The van der Waals surface area contributed by atoms with E-state index in [1.54, 1.807) is 16.9 Å². The van der Waals surface area contributed by atoms with Gasteiger partial charge in [0.05, 0.1) is 6.20 Å². The molecule has 0 saturated heterocycles. The van der Waals surface area contributed by atoms with Gasteiger partial charge in [0.2, 0.25) is 0 Å². The van der Waals surface area contributed by atoms with Gasteiger partial charge in [-0.2, -0.15) is 5.10 Å². The van der Waals surface area contributed by atoms with Crippen molar-refractivity contribution in [1.29, 1.82) is 0 Å². The van der Waals surface area contributed by atoms with Gasteiger partial charge in [0, 0.05) is 18.8 Å². The second-order valence-electron chi connectivity index (χ2n) is 5.85. The third-order valence-electron chi connectivity index (χ3n) is 3.69. The van der Waals surface area contributed by atoms with E-state index < -0.39 is 0 Å². The molecule has 0 aromatic carbocycles. The number of hydrogen-bond donors (Lipinski definition) is 0. The third-order valence-corrected chi connectivity index (χ3v) is 3.69. The molecule has 106 valence electrons. The molecule has 0 aliphatic heterocycles. The van der Waals surface area contributed by atoms with E-state index in [2.05, 4.69) is 23.9 Å². The molecule has 5 nitrogen and oxygen atoms in total. The predicted molar refractivity (Wildman–Crippen MR) is 76.5 cm³/mol. The van der Waals surface area contributed by atoms with Crippen LogP contribution in [0.15, 0.2) is 24.5 Å². The average molecular weight is 272 g/mol. The second kappa shape index (κ2) is 5.23. The van der Waals surface area contributed by atoms with Gasteiger partial charge < -0.3 is 4.90 Å². The minimum Gasteiger partial charge on any atom is -0.334 e. The number of carbonyl (C=O) groups is 1. The third kappa shape index (κ3) is 2.53. The molecule has 1 aliphatic carbocycles. The summed E-state index contributed by atoms with van der Waals surface area (Å²) in [5.41, 5.74) is 1.28. The molecule has 0 N–H and O–H groups in total. The highest BCUT2D eigenvalue weighted by atomic mass is 16.2. The van der Waals surface area contributed by atoms with E-state index in [1.165, 1.54) is 0 Å². The highest BCUT2D eigenvalue weighted by molar-refractivity contribution is 5.93. The summed E-state index contributed by atoms with van der Waals surface area (Å²) >= 11 is 0. The predicted octanol–water partition coefficient (Wildman–Crippen LogP) is 2.38. The van der Waals surface area contributed by atoms with Crippen molar-refractivity contribution in [3.8, 4) is 0 Å². The molecule has 1 fully saturated rings. The monoisotopic (exact) mass is 272 g/mol. The van der Waals surface area contributed by atoms with Crippen molar-refractivity contribution in [3.63, 3.8) is 0 Å². The highest BCUT2D eigenvalue weighted by Gasteiger charge is 2.34. The molecule has 5 heteroatoms. The first-order valence-corrected chi connectivity index (χ1v) is 7.26. The zero-order chi connectivity index (χ0) is 14.1. The maximum absolute atomic E-state index is 12.7. The van der Waals surface area contributed by atoms with Gasteiger partial charge in [-0.15, -0.1) is 0 Å². The van der Waals surface area contributed by atoms with Crippen LogP contribution < -0.4 is 0 Å². The summed E-state index contributed by atoms with van der Waals surface area (Å²) in [4.78, 5) is 19.0. The first-order valence-electron chi connectivity index (χ1n) is 7.26. The van der Waals surface area contributed by atoms with Crippen LogP contribution in [0.25, 0.3) is 5.65 Å². The quantitative estimate of drug-likeness (QED) is 0.839. The van der Waals surface area contributed by atoms with Gasteiger partial charge in [0.25, 0.3) is 5.91 Å². The molecule has 0 atom stereocenters. The van der Waals surface area contributed by atoms with Gasteiger partial charge in [0.15, 0.2) is 11.3 Å². The number of imidazole rings is 1. The molecule has 2 heterocycles. The van der Waals surface area contributed by atoms with Crippen LogP contribution in [-0.2, 0) is 0 Å². The summed E-state index contributed by atoms with van der Waals surface area (Å²) in [5, 5.41) is 4.23. The van der Waals surface area contributed by atoms with Gasteiger partial charge >= 0.3 is 0 Å². The highest BCUT2D eigenvalue weighted by Crippen LogP contribution is 2.29. The summed E-state index contributed by atoms with van der Waals surface area (Å²) in [6, 6.07) is 4.10. The molecular formula is C15H20N4O. The van der Waals surface area contributed by atoms with Gasteiger partial charge in [-0.25, -0.2) is 9.50 Å². The lowest BCUT2D eigenvalue weighted by atomic mass is 10.1. The van der Waals surface area contributed by atoms with E-state index in [0.717, 1.165) is 31.5 Å². The van der Waals surface area contributed by atoms with Crippen LogP contribution in [0.4, 0.5) is 0 Å². The second-order valence-corrected chi connectivity index (χ2v) is 5.85. The molecule has 1 amide bonds. The standard InChI is InChI=1S/C15H20N4O/c1-11(2)7-9-18(12-5-6-12)15(20)13-10-16-14-4-3-8-17-19(13)14/h3-4,8,10-12H,5-7,9H2,1-2H3. The lowest BCUT2D eigenvalue weighted by Gasteiger charge is -2.22. The van der Waals surface area contributed by atoms with E-state index in [-0.39, 0.29) is 5.91 Å². The fraction of sp³-hybridized carbons (Fsp3) is 0.533. The number of rotatable bonds is 5. The Kier molecular flexibility index (Phi) is 3.42. The van der Waals surface area contributed by atoms with Crippen LogP contribution in [0, 0.1) is 5.92 Å². The average Bonchev–Trinajstić information content (AvgIpc) is 3.17. The molecule has 0 radical (unpaired) electrons. The molecule has 2 aromatic heterocycles. The summed E-state index contributed by atoms with van der Waals surface area (Å²) in [5.74, 6) is 0.656. The van der Waals surface area contributed by atoms with Crippen molar-refractivity contribution in [2.75, 3.05) is 6.54 Å². The van der Waals surface area contributed by atoms with E-state index in [9.17, 15) is 4.79 Å². The Labute approximate surface area is 118 Å². The molecular weight excluding hydrogens is 252 g/mol. The molecule has 0 spiro atoms. The van der Waals surface area contributed by atoms with Crippen molar-refractivity contribution >= 4 is 11.6 Å². The first-order chi connectivity index (χ1) is 9.66. The Morgan fingerprint density at radius 3 is 3.00 bits per heavy atom. The van der Waals surface area contributed by atoms with Gasteiger partial charge in [0.1, 0.15) is 0 Å². The van der Waals surface area contributed by atoms with Crippen LogP contribution in [0.3, 0.4) is 0 Å². The summed E-state index contributed by atoms with van der Waals surface area (Å²) in [6.07, 6.45) is 6.59. The Morgan fingerprint density at radius 2 is 2.30 bits per heavy atom. The number of hydrogen-bond acceptors (Lipinski definition) is 3. The summed E-state index contributed by atoms with van der Waals surface area (Å²) < 4.78 is 1.63. The van der Waals surface area contributed by atoms with E-state index in [1.807, 2.05) is 17.0 Å². The van der Waals surface area contributed by atoms with E-state index in [0.29, 0.717) is 17.7 Å². The van der Waals surface area contributed by atoms with Crippen molar-refractivity contribution in [3.05, 3.63) is 30.2 Å². The molecule has 3 rings (SSSR count). The van der Waals surface area contributed by atoms with Crippen LogP contribution in [0.1, 0.15) is 43.6 Å². The SMILES string of the molecule is CC(C)CCN(C(=O)c1cnc2cccnn12)C1CC1. The van der Waals surface area contributed by atoms with Gasteiger partial charge in [-0.05, 0) is 37.3 Å². The smallest absolute Gasteiger partial charge is 0.274 e. The lowest BCUT2D eigenvalue weighted by Crippen LogP contribution is -2.35. The topological polar surface area (TPSA) is 50.5 Å². The maximum atomic E-state index is 12.7. The Balaban J connectivity index is 1.85. The normalized spacial score (nSPS) is 14.9. The molecule has 2 aromatic rings. The molecule has 20 heavy (non-hydrogen) atoms. The van der Waals surface area contributed by atoms with Crippen molar-refractivity contribution in [2.24, 2.45) is 5.92 Å². The largest absolute Gasteiger partial charge is 0.334 e. The Bertz CT molecular complexity index is 615. The van der Waals surface area contributed by atoms with Crippen LogP contribution in [0.5, 0.6) is 0 Å². The summed E-state index contributed by atoms with van der Waals surface area (Å²) in [7, 11) is 0. The van der Waals surface area contributed by atoms with E-state index in [4.69, 9.17) is 0 Å². The molecule has 0 unspecified atom stereocenters. The van der Waals surface area contributed by atoms with Crippen molar-refractivity contribution < 1.29 is 4.79 Å². The molecule has 0 bridgehead atoms. The molecule has 1 aliphatic rings. The lowest BCUT2D eigenvalue weighted by molar-refractivity contribution is 0.0727. The number of amides is 1. The van der Waals surface area contributed by atoms with Crippen LogP contribution in [-0.4, -0.2) is 38.0 Å². The summed E-state index contributed by atoms with van der Waals surface area (Å²) in [6.45, 7) is 5.19. The zero-order valence-electron chi connectivity index (χ0n) is 12.0. The Hall–Kier alpha value is -1.91. The minimum atomic E-state index is 0.0550. The van der Waals surface area contributed by atoms with Gasteiger partial charge in [-0.1, -0.05) is 13.8 Å². The van der Waals surface area contributed by atoms with Gasteiger partial charge in [-0.3, -0.25) is 4.79 Å². The Morgan fingerprint density at radius 1 is 1.50 bits per heavy atom. The van der Waals surface area contributed by atoms with Crippen LogP contribution >= 0.6 is 0 Å². The number of aromatic nitrogens is 3. The fourth-order valence-corrected chi connectivity index (χ4v) is 2.36. The minimum absolute atomic E-state index is 0.0550. The maximum Gasteiger partial charge on any atom is 0.274 e. The fourth-order valence-electron chi connectivity index (χ4n) is 2.36. The van der Waals surface area contributed by atoms with Crippen molar-refractivity contribution in [2.45, 2.75) is 39.2 Å².